The van der Waals surface area contributed by atoms with Gasteiger partial charge in [0.1, 0.15) is 5.82 Å². The third-order valence-electron chi connectivity index (χ3n) is 4.85. The summed E-state index contributed by atoms with van der Waals surface area (Å²) in [6, 6.07) is 6.69. The summed E-state index contributed by atoms with van der Waals surface area (Å²) in [7, 11) is 0. The first-order valence-electron chi connectivity index (χ1n) is 8.30. The summed E-state index contributed by atoms with van der Waals surface area (Å²) in [5.74, 6) is 2.00. The topological polar surface area (TPSA) is 28.2 Å². The zero-order chi connectivity index (χ0) is 13.6. The van der Waals surface area contributed by atoms with Crippen LogP contribution in [0.2, 0.25) is 0 Å². The number of likely N-dealkylation sites (tertiary alicyclic amines) is 1. The molecule has 3 rings (SSSR count). The summed E-state index contributed by atoms with van der Waals surface area (Å²) < 4.78 is 0. The van der Waals surface area contributed by atoms with Crippen LogP contribution < -0.4 is 5.32 Å². The molecule has 0 bridgehead atoms. The third kappa shape index (κ3) is 3.95. The van der Waals surface area contributed by atoms with Crippen LogP contribution in [0.4, 0.5) is 5.82 Å². The fourth-order valence-electron chi connectivity index (χ4n) is 3.65. The van der Waals surface area contributed by atoms with Gasteiger partial charge in [-0.15, -0.1) is 0 Å². The van der Waals surface area contributed by atoms with E-state index in [1.165, 1.54) is 64.6 Å². The van der Waals surface area contributed by atoms with Crippen molar-refractivity contribution in [2.75, 3.05) is 25.0 Å². The first kappa shape index (κ1) is 13.9. The van der Waals surface area contributed by atoms with E-state index in [0.29, 0.717) is 6.04 Å². The number of hydrogen-bond donors (Lipinski definition) is 1. The van der Waals surface area contributed by atoms with Crippen LogP contribution in [-0.4, -0.2) is 35.6 Å². The molecular formula is C17H27N3. The second kappa shape index (κ2) is 7.07. The maximum atomic E-state index is 4.36. The molecule has 2 fully saturated rings. The van der Waals surface area contributed by atoms with Gasteiger partial charge < -0.3 is 10.2 Å². The molecule has 1 saturated carbocycles. The van der Waals surface area contributed by atoms with Crippen LogP contribution in [0.3, 0.4) is 0 Å². The Bertz CT molecular complexity index is 378. The molecule has 3 heteroatoms. The van der Waals surface area contributed by atoms with Crippen molar-refractivity contribution in [2.45, 2.75) is 51.0 Å². The molecule has 0 aromatic carbocycles. The van der Waals surface area contributed by atoms with Crippen molar-refractivity contribution in [1.82, 2.24) is 9.88 Å². The van der Waals surface area contributed by atoms with Crippen molar-refractivity contribution in [3.8, 4) is 0 Å². The molecule has 1 aliphatic heterocycles. The van der Waals surface area contributed by atoms with Crippen molar-refractivity contribution < 1.29 is 0 Å². The van der Waals surface area contributed by atoms with Gasteiger partial charge in [-0.3, -0.25) is 0 Å². The number of rotatable bonds is 4. The molecule has 1 saturated heterocycles. The maximum Gasteiger partial charge on any atom is 0.126 e. The number of aromatic nitrogens is 1. The number of nitrogens with zero attached hydrogens (tertiary/aromatic N) is 2. The minimum Gasteiger partial charge on any atom is -0.367 e. The zero-order valence-electron chi connectivity index (χ0n) is 12.4. The second-order valence-corrected chi connectivity index (χ2v) is 6.44. The Kier molecular flexibility index (Phi) is 4.91. The summed E-state index contributed by atoms with van der Waals surface area (Å²) in [5, 5.41) is 3.57. The minimum atomic E-state index is 0.604. The summed E-state index contributed by atoms with van der Waals surface area (Å²) in [6.07, 6.45) is 11.7. The standard InChI is InChI=1S/C17H27N3/c1-2-6-15(7-3-1)14-20-12-9-16(10-13-20)19-17-8-4-5-11-18-17/h4-5,8,11,15-16H,1-3,6-7,9-10,12-14H2,(H,18,19). The smallest absolute Gasteiger partial charge is 0.126 e. The van der Waals surface area contributed by atoms with E-state index in [0.717, 1.165) is 11.7 Å². The maximum absolute atomic E-state index is 4.36. The average molecular weight is 273 g/mol. The van der Waals surface area contributed by atoms with Gasteiger partial charge in [-0.1, -0.05) is 25.3 Å². The van der Waals surface area contributed by atoms with Gasteiger partial charge in [-0.2, -0.15) is 0 Å². The monoisotopic (exact) mass is 273 g/mol. The SMILES string of the molecule is c1ccc(NC2CCN(CC3CCCCC3)CC2)nc1. The average Bonchev–Trinajstić information content (AvgIpc) is 2.51. The Morgan fingerprint density at radius 2 is 1.85 bits per heavy atom. The highest BCUT2D eigenvalue weighted by Crippen LogP contribution is 2.25. The van der Waals surface area contributed by atoms with Crippen molar-refractivity contribution in [3.63, 3.8) is 0 Å². The first-order valence-corrected chi connectivity index (χ1v) is 8.30. The van der Waals surface area contributed by atoms with E-state index in [2.05, 4.69) is 21.3 Å². The van der Waals surface area contributed by atoms with E-state index >= 15 is 0 Å². The molecule has 0 amide bonds. The molecule has 2 aliphatic rings. The highest BCUT2D eigenvalue weighted by molar-refractivity contribution is 5.34. The van der Waals surface area contributed by atoms with Gasteiger partial charge in [-0.05, 0) is 43.7 Å². The Hall–Kier alpha value is -1.09. The lowest BCUT2D eigenvalue weighted by Gasteiger charge is -2.35. The molecule has 0 atom stereocenters. The molecule has 1 aliphatic carbocycles. The van der Waals surface area contributed by atoms with Crippen LogP contribution in [0.15, 0.2) is 24.4 Å². The van der Waals surface area contributed by atoms with Crippen molar-refractivity contribution in [3.05, 3.63) is 24.4 Å². The van der Waals surface area contributed by atoms with Gasteiger partial charge in [0, 0.05) is 31.9 Å². The summed E-state index contributed by atoms with van der Waals surface area (Å²) in [6.45, 7) is 3.85. The minimum absolute atomic E-state index is 0.604. The van der Waals surface area contributed by atoms with Crippen molar-refractivity contribution >= 4 is 5.82 Å². The number of pyridine rings is 1. The van der Waals surface area contributed by atoms with E-state index in [9.17, 15) is 0 Å². The summed E-state index contributed by atoms with van der Waals surface area (Å²) in [4.78, 5) is 7.05. The largest absolute Gasteiger partial charge is 0.367 e. The normalized spacial score (nSPS) is 22.8. The molecule has 2 heterocycles. The Labute approximate surface area is 122 Å². The molecule has 1 N–H and O–H groups in total. The van der Waals surface area contributed by atoms with Gasteiger partial charge in [0.25, 0.3) is 0 Å². The third-order valence-corrected chi connectivity index (χ3v) is 4.85. The molecular weight excluding hydrogens is 246 g/mol. The van der Waals surface area contributed by atoms with Crippen LogP contribution >= 0.6 is 0 Å². The Morgan fingerprint density at radius 1 is 1.05 bits per heavy atom. The highest BCUT2D eigenvalue weighted by atomic mass is 15.1. The lowest BCUT2D eigenvalue weighted by molar-refractivity contribution is 0.168. The van der Waals surface area contributed by atoms with E-state index in [4.69, 9.17) is 0 Å². The molecule has 1 aromatic heterocycles. The van der Waals surface area contributed by atoms with Crippen LogP contribution in [-0.2, 0) is 0 Å². The van der Waals surface area contributed by atoms with Gasteiger partial charge in [0.05, 0.1) is 0 Å². The van der Waals surface area contributed by atoms with Gasteiger partial charge >= 0.3 is 0 Å². The lowest BCUT2D eigenvalue weighted by Crippen LogP contribution is -2.41. The predicted octanol–water partition coefficient (Wildman–Crippen LogP) is 3.54. The van der Waals surface area contributed by atoms with Crippen LogP contribution in [0, 0.1) is 5.92 Å². The van der Waals surface area contributed by atoms with Crippen LogP contribution in [0.1, 0.15) is 44.9 Å². The van der Waals surface area contributed by atoms with Crippen molar-refractivity contribution in [1.29, 1.82) is 0 Å². The van der Waals surface area contributed by atoms with Crippen molar-refractivity contribution in [2.24, 2.45) is 5.92 Å². The number of hydrogen-bond acceptors (Lipinski definition) is 3. The number of anilines is 1. The highest BCUT2D eigenvalue weighted by Gasteiger charge is 2.22. The molecule has 0 spiro atoms. The first-order chi connectivity index (χ1) is 9.90. The predicted molar refractivity (Wildman–Crippen MR) is 83.9 cm³/mol. The number of nitrogens with one attached hydrogen (secondary N) is 1. The van der Waals surface area contributed by atoms with Gasteiger partial charge in [0.2, 0.25) is 0 Å². The molecule has 0 unspecified atom stereocenters. The van der Waals surface area contributed by atoms with E-state index in [1.807, 2.05) is 18.3 Å². The molecule has 3 nitrogen and oxygen atoms in total. The van der Waals surface area contributed by atoms with Crippen LogP contribution in [0.5, 0.6) is 0 Å². The fourth-order valence-corrected chi connectivity index (χ4v) is 3.65. The molecule has 1 aromatic rings. The molecule has 0 radical (unpaired) electrons. The van der Waals surface area contributed by atoms with E-state index < -0.39 is 0 Å². The Morgan fingerprint density at radius 3 is 2.55 bits per heavy atom. The lowest BCUT2D eigenvalue weighted by atomic mass is 9.88. The van der Waals surface area contributed by atoms with E-state index in [-0.39, 0.29) is 0 Å². The van der Waals surface area contributed by atoms with E-state index in [1.54, 1.807) is 0 Å². The zero-order valence-corrected chi connectivity index (χ0v) is 12.4. The number of piperidine rings is 1. The van der Waals surface area contributed by atoms with Gasteiger partial charge in [0.15, 0.2) is 0 Å². The van der Waals surface area contributed by atoms with Gasteiger partial charge in [-0.25, -0.2) is 4.98 Å². The molecule has 20 heavy (non-hydrogen) atoms. The fraction of sp³-hybridized carbons (Fsp3) is 0.706. The quantitative estimate of drug-likeness (QED) is 0.909. The Balaban J connectivity index is 1.40. The summed E-state index contributed by atoms with van der Waals surface area (Å²) in [5.41, 5.74) is 0. The van der Waals surface area contributed by atoms with Crippen LogP contribution in [0.25, 0.3) is 0 Å². The second-order valence-electron chi connectivity index (χ2n) is 6.44. The summed E-state index contributed by atoms with van der Waals surface area (Å²) >= 11 is 0. The molecule has 110 valence electrons.